The molecule has 0 spiro atoms. The minimum atomic E-state index is 0. The quantitative estimate of drug-likeness (QED) is 0.645. The third-order valence-corrected chi connectivity index (χ3v) is 1.95. The van der Waals surface area contributed by atoms with Crippen molar-refractivity contribution in [3.05, 3.63) is 22.6 Å². The zero-order valence-corrected chi connectivity index (χ0v) is 11.3. The van der Waals surface area contributed by atoms with Gasteiger partial charge in [-0.25, -0.2) is 0 Å². The van der Waals surface area contributed by atoms with Crippen molar-refractivity contribution in [3.63, 3.8) is 0 Å². The third kappa shape index (κ3) is 4.15. The number of nitrogens with one attached hydrogen (secondary N) is 2. The highest BCUT2D eigenvalue weighted by Gasteiger charge is 1.99. The van der Waals surface area contributed by atoms with Gasteiger partial charge in [0.2, 0.25) is 0 Å². The highest BCUT2D eigenvalue weighted by Crippen LogP contribution is 2.13. The third-order valence-electron chi connectivity index (χ3n) is 1.52. The van der Waals surface area contributed by atoms with Crippen LogP contribution in [-0.4, -0.2) is 20.1 Å². The second-order valence-corrected chi connectivity index (χ2v) is 3.16. The lowest BCUT2D eigenvalue weighted by Crippen LogP contribution is -2.33. The Kier molecular flexibility index (Phi) is 6.65. The molecule has 0 aromatic carbocycles. The predicted octanol–water partition coefficient (Wildman–Crippen LogP) is 1.91. The van der Waals surface area contributed by atoms with Crippen LogP contribution in [0.2, 0.25) is 0 Å². The van der Waals surface area contributed by atoms with E-state index >= 15 is 0 Å². The molecule has 0 amide bonds. The fraction of sp³-hybridized carbons (Fsp3) is 0.375. The van der Waals surface area contributed by atoms with Crippen LogP contribution in [0.4, 0.5) is 0 Å². The van der Waals surface area contributed by atoms with Crippen molar-refractivity contribution in [1.29, 1.82) is 0 Å². The van der Waals surface area contributed by atoms with Gasteiger partial charge in [0, 0.05) is 14.1 Å². The highest BCUT2D eigenvalue weighted by molar-refractivity contribution is 9.10. The first-order chi connectivity index (χ1) is 6.26. The van der Waals surface area contributed by atoms with Crippen LogP contribution in [0.1, 0.15) is 5.76 Å². The molecule has 0 saturated heterocycles. The minimum Gasteiger partial charge on any atom is -0.452 e. The largest absolute Gasteiger partial charge is 0.452 e. The van der Waals surface area contributed by atoms with Crippen LogP contribution >= 0.6 is 32.9 Å². The van der Waals surface area contributed by atoms with Crippen molar-refractivity contribution < 1.29 is 4.42 Å². The predicted molar refractivity (Wildman–Crippen MR) is 66.0 cm³/mol. The molecule has 0 aliphatic heterocycles. The van der Waals surface area contributed by atoms with Crippen molar-refractivity contribution in [2.75, 3.05) is 14.1 Å². The summed E-state index contributed by atoms with van der Waals surface area (Å²) in [6, 6.07) is 3.76. The fourth-order valence-corrected chi connectivity index (χ4v) is 1.24. The standard InChI is InChI=1S/C8H12BrN3O.BrH/c1-10-8(11-2)12-5-6-3-4-7(9)13-6;/h3-4H,5H2,1-2H3,(H2,10,11,12);1H. The number of guanidine groups is 1. The molecular formula is C8H13Br2N3O. The van der Waals surface area contributed by atoms with Crippen LogP contribution in [0, 0.1) is 0 Å². The summed E-state index contributed by atoms with van der Waals surface area (Å²) in [6.45, 7) is 0.624. The number of hydrogen-bond acceptors (Lipinski definition) is 2. The van der Waals surface area contributed by atoms with Gasteiger partial charge in [0.1, 0.15) is 5.76 Å². The number of nitrogens with zero attached hydrogens (tertiary/aromatic N) is 1. The SMILES string of the molecule is Br.CN=C(NC)NCc1ccc(Br)o1. The Bertz CT molecular complexity index is 299. The van der Waals surface area contributed by atoms with Crippen molar-refractivity contribution in [3.8, 4) is 0 Å². The molecule has 1 aromatic heterocycles. The van der Waals surface area contributed by atoms with E-state index in [2.05, 4.69) is 31.6 Å². The van der Waals surface area contributed by atoms with Crippen molar-refractivity contribution in [2.45, 2.75) is 6.54 Å². The monoisotopic (exact) mass is 325 g/mol. The topological polar surface area (TPSA) is 49.6 Å². The summed E-state index contributed by atoms with van der Waals surface area (Å²) in [5.41, 5.74) is 0. The number of hydrogen-bond donors (Lipinski definition) is 2. The van der Waals surface area contributed by atoms with E-state index in [9.17, 15) is 0 Å². The Morgan fingerprint density at radius 2 is 2.29 bits per heavy atom. The highest BCUT2D eigenvalue weighted by atomic mass is 79.9. The van der Waals surface area contributed by atoms with Crippen LogP contribution in [0.15, 0.2) is 26.2 Å². The average Bonchev–Trinajstić information content (AvgIpc) is 2.53. The van der Waals surface area contributed by atoms with Gasteiger partial charge in [-0.3, -0.25) is 4.99 Å². The number of halogens is 2. The molecule has 14 heavy (non-hydrogen) atoms. The molecule has 80 valence electrons. The molecule has 0 radical (unpaired) electrons. The van der Waals surface area contributed by atoms with Gasteiger partial charge >= 0.3 is 0 Å². The first-order valence-electron chi connectivity index (χ1n) is 3.89. The summed E-state index contributed by atoms with van der Waals surface area (Å²) >= 11 is 3.23. The molecule has 2 N–H and O–H groups in total. The van der Waals surface area contributed by atoms with E-state index in [-0.39, 0.29) is 17.0 Å². The van der Waals surface area contributed by atoms with Gasteiger partial charge in [-0.2, -0.15) is 0 Å². The first-order valence-corrected chi connectivity index (χ1v) is 4.68. The van der Waals surface area contributed by atoms with E-state index in [4.69, 9.17) is 4.42 Å². The van der Waals surface area contributed by atoms with E-state index < -0.39 is 0 Å². The van der Waals surface area contributed by atoms with Crippen LogP contribution in [-0.2, 0) is 6.54 Å². The lowest BCUT2D eigenvalue weighted by Gasteiger charge is -2.05. The van der Waals surface area contributed by atoms with Crippen LogP contribution < -0.4 is 10.6 Å². The smallest absolute Gasteiger partial charge is 0.191 e. The molecule has 0 aliphatic rings. The van der Waals surface area contributed by atoms with Crippen LogP contribution in [0.5, 0.6) is 0 Å². The van der Waals surface area contributed by atoms with Gasteiger partial charge in [0.15, 0.2) is 10.6 Å². The van der Waals surface area contributed by atoms with Gasteiger partial charge in [-0.1, -0.05) is 0 Å². The summed E-state index contributed by atoms with van der Waals surface area (Å²) in [6.07, 6.45) is 0. The molecule has 0 aliphatic carbocycles. The minimum absolute atomic E-state index is 0. The molecular weight excluding hydrogens is 314 g/mol. The van der Waals surface area contributed by atoms with E-state index in [1.54, 1.807) is 7.05 Å². The number of rotatable bonds is 2. The molecule has 1 rings (SSSR count). The zero-order chi connectivity index (χ0) is 9.68. The second-order valence-electron chi connectivity index (χ2n) is 2.38. The lowest BCUT2D eigenvalue weighted by atomic mass is 10.4. The Hall–Kier alpha value is -0.490. The molecule has 6 heteroatoms. The van der Waals surface area contributed by atoms with E-state index in [0.717, 1.165) is 16.4 Å². The van der Waals surface area contributed by atoms with E-state index in [1.807, 2.05) is 19.2 Å². The Labute approximate surface area is 102 Å². The molecule has 0 atom stereocenters. The van der Waals surface area contributed by atoms with Crippen molar-refractivity contribution >= 4 is 38.9 Å². The van der Waals surface area contributed by atoms with Gasteiger partial charge in [-0.05, 0) is 28.1 Å². The normalized spacial score (nSPS) is 10.6. The fourth-order valence-electron chi connectivity index (χ4n) is 0.897. The summed E-state index contributed by atoms with van der Waals surface area (Å²) in [5.74, 6) is 1.61. The van der Waals surface area contributed by atoms with Crippen molar-refractivity contribution in [2.24, 2.45) is 4.99 Å². The maximum atomic E-state index is 5.29. The first kappa shape index (κ1) is 13.5. The molecule has 1 heterocycles. The van der Waals surface area contributed by atoms with Crippen LogP contribution in [0.3, 0.4) is 0 Å². The molecule has 0 unspecified atom stereocenters. The Morgan fingerprint density at radius 3 is 2.71 bits per heavy atom. The van der Waals surface area contributed by atoms with E-state index in [1.165, 1.54) is 0 Å². The molecule has 0 fully saturated rings. The molecule has 0 saturated carbocycles. The number of furan rings is 1. The van der Waals surface area contributed by atoms with E-state index in [0.29, 0.717) is 6.54 Å². The second kappa shape index (κ2) is 6.89. The summed E-state index contributed by atoms with van der Waals surface area (Å²) < 4.78 is 6.03. The lowest BCUT2D eigenvalue weighted by molar-refractivity contribution is 0.481. The average molecular weight is 327 g/mol. The van der Waals surface area contributed by atoms with Gasteiger partial charge < -0.3 is 15.1 Å². The molecule has 4 nitrogen and oxygen atoms in total. The summed E-state index contributed by atoms with van der Waals surface area (Å²) in [7, 11) is 3.53. The summed E-state index contributed by atoms with van der Waals surface area (Å²) in [4.78, 5) is 3.97. The summed E-state index contributed by atoms with van der Waals surface area (Å²) in [5, 5.41) is 5.99. The molecule has 1 aromatic rings. The Balaban J connectivity index is 0.00000169. The van der Waals surface area contributed by atoms with Gasteiger partial charge in [0.25, 0.3) is 0 Å². The maximum absolute atomic E-state index is 5.29. The van der Waals surface area contributed by atoms with Gasteiger partial charge in [-0.15, -0.1) is 17.0 Å². The Morgan fingerprint density at radius 1 is 1.57 bits per heavy atom. The van der Waals surface area contributed by atoms with Gasteiger partial charge in [0.05, 0.1) is 6.54 Å². The maximum Gasteiger partial charge on any atom is 0.191 e. The van der Waals surface area contributed by atoms with Crippen molar-refractivity contribution in [1.82, 2.24) is 10.6 Å². The number of aliphatic imine (C=N–C) groups is 1. The van der Waals surface area contributed by atoms with Crippen LogP contribution in [0.25, 0.3) is 0 Å². The molecule has 0 bridgehead atoms. The zero-order valence-electron chi connectivity index (χ0n) is 8.00.